The number of carboxylic acid groups (broad SMARTS) is 1. The minimum absolute atomic E-state index is 0.0811. The highest BCUT2D eigenvalue weighted by Crippen LogP contribution is 2.31. The maximum Gasteiger partial charge on any atom is 0.490 e. The Labute approximate surface area is 184 Å². The number of hydrogen-bond donors (Lipinski definition) is 1. The first-order chi connectivity index (χ1) is 15.2. The van der Waals surface area contributed by atoms with Gasteiger partial charge < -0.3 is 19.6 Å². The van der Waals surface area contributed by atoms with Crippen molar-refractivity contribution in [3.05, 3.63) is 30.1 Å². The van der Waals surface area contributed by atoms with E-state index in [0.29, 0.717) is 0 Å². The van der Waals surface area contributed by atoms with E-state index in [0.717, 1.165) is 78.1 Å². The third-order valence-corrected chi connectivity index (χ3v) is 6.02. The average molecular weight is 458 g/mol. The molecule has 3 fully saturated rings. The summed E-state index contributed by atoms with van der Waals surface area (Å²) in [7, 11) is 0. The van der Waals surface area contributed by atoms with E-state index in [1.165, 1.54) is 5.56 Å². The summed E-state index contributed by atoms with van der Waals surface area (Å²) in [5, 5.41) is 7.12. The van der Waals surface area contributed by atoms with Crippen LogP contribution in [0.4, 0.5) is 18.0 Å². The summed E-state index contributed by atoms with van der Waals surface area (Å²) in [5.74, 6) is -2.76. The zero-order valence-electron chi connectivity index (χ0n) is 17.9. The third kappa shape index (κ3) is 6.55. The van der Waals surface area contributed by atoms with Crippen molar-refractivity contribution in [2.75, 3.05) is 45.9 Å². The van der Waals surface area contributed by atoms with Gasteiger partial charge in [-0.25, -0.2) is 9.59 Å². The van der Waals surface area contributed by atoms with Crippen LogP contribution in [0, 0.1) is 0 Å². The lowest BCUT2D eigenvalue weighted by Crippen LogP contribution is -2.58. The quantitative estimate of drug-likeness (QED) is 0.733. The number of halogens is 3. The largest absolute Gasteiger partial charge is 0.490 e. The van der Waals surface area contributed by atoms with Crippen LogP contribution in [0.2, 0.25) is 0 Å². The molecule has 3 aliphatic rings. The number of amides is 2. The van der Waals surface area contributed by atoms with E-state index in [9.17, 15) is 18.0 Å². The standard InChI is InChI=1S/C19H28N4O2.C2HF3O2/c24-18(22-8-1-2-9-22)23-10-5-19(6-11-23)16-21(12-13-25-19)15-17-4-3-7-20-14-17;3-2(4,5)1(6)7/h3-4,7,14H,1-2,5-6,8-13,15-16H2;(H,6,7). The summed E-state index contributed by atoms with van der Waals surface area (Å²) in [6, 6.07) is 4.36. The Balaban J connectivity index is 0.000000360. The van der Waals surface area contributed by atoms with Crippen molar-refractivity contribution in [1.29, 1.82) is 0 Å². The predicted octanol–water partition coefficient (Wildman–Crippen LogP) is 2.60. The monoisotopic (exact) mass is 458 g/mol. The summed E-state index contributed by atoms with van der Waals surface area (Å²) in [6.45, 7) is 7.11. The Kier molecular flexibility index (Phi) is 7.94. The summed E-state index contributed by atoms with van der Waals surface area (Å²) in [5.41, 5.74) is 1.17. The van der Waals surface area contributed by atoms with Gasteiger partial charge in [0.25, 0.3) is 0 Å². The summed E-state index contributed by atoms with van der Waals surface area (Å²) in [6.07, 6.45) is 2.86. The minimum Gasteiger partial charge on any atom is -0.475 e. The first-order valence-electron chi connectivity index (χ1n) is 10.8. The van der Waals surface area contributed by atoms with E-state index in [1.54, 1.807) is 0 Å². The van der Waals surface area contributed by atoms with Crippen LogP contribution in [0.1, 0.15) is 31.2 Å². The number of hydrogen-bond acceptors (Lipinski definition) is 5. The van der Waals surface area contributed by atoms with Crippen molar-refractivity contribution < 1.29 is 32.6 Å². The minimum atomic E-state index is -5.08. The maximum absolute atomic E-state index is 12.6. The number of nitrogens with zero attached hydrogens (tertiary/aromatic N) is 4. The third-order valence-electron chi connectivity index (χ3n) is 6.02. The van der Waals surface area contributed by atoms with Crippen LogP contribution in [-0.4, -0.2) is 94.4 Å². The molecule has 0 aromatic carbocycles. The molecule has 1 aromatic rings. The van der Waals surface area contributed by atoms with Gasteiger partial charge in [0.2, 0.25) is 0 Å². The number of ether oxygens (including phenoxy) is 1. The van der Waals surface area contributed by atoms with Crippen LogP contribution < -0.4 is 0 Å². The van der Waals surface area contributed by atoms with Crippen LogP contribution in [0.5, 0.6) is 0 Å². The Morgan fingerprint density at radius 2 is 1.72 bits per heavy atom. The van der Waals surface area contributed by atoms with Crippen molar-refractivity contribution in [3.8, 4) is 0 Å². The zero-order chi connectivity index (χ0) is 23.2. The first-order valence-corrected chi connectivity index (χ1v) is 10.8. The molecule has 8 nitrogen and oxygen atoms in total. The second-order valence-electron chi connectivity index (χ2n) is 8.37. The van der Waals surface area contributed by atoms with Crippen molar-refractivity contribution >= 4 is 12.0 Å². The number of alkyl halides is 3. The Morgan fingerprint density at radius 3 is 2.28 bits per heavy atom. The summed E-state index contributed by atoms with van der Waals surface area (Å²) >= 11 is 0. The van der Waals surface area contributed by atoms with Crippen LogP contribution >= 0.6 is 0 Å². The average Bonchev–Trinajstić information content (AvgIpc) is 3.29. The molecule has 0 atom stereocenters. The first kappa shape index (κ1) is 24.2. The number of aromatic nitrogens is 1. The van der Waals surface area contributed by atoms with E-state index in [4.69, 9.17) is 14.6 Å². The second kappa shape index (κ2) is 10.5. The highest BCUT2D eigenvalue weighted by Gasteiger charge is 2.41. The number of carboxylic acids is 1. The molecule has 4 heterocycles. The van der Waals surface area contributed by atoms with Gasteiger partial charge in [0.15, 0.2) is 0 Å². The molecule has 3 saturated heterocycles. The molecular formula is C21H29F3N4O4. The van der Waals surface area contributed by atoms with Crippen molar-refractivity contribution in [1.82, 2.24) is 19.7 Å². The molecule has 0 aliphatic carbocycles. The fraction of sp³-hybridized carbons (Fsp3) is 0.667. The number of carbonyl (C=O) groups is 2. The van der Waals surface area contributed by atoms with Crippen LogP contribution in [0.15, 0.2) is 24.5 Å². The normalized spacial score (nSPS) is 21.2. The van der Waals surface area contributed by atoms with E-state index in [1.807, 2.05) is 28.3 Å². The van der Waals surface area contributed by atoms with Gasteiger partial charge in [-0.1, -0.05) is 6.07 Å². The molecule has 11 heteroatoms. The number of morpholine rings is 1. The zero-order valence-corrected chi connectivity index (χ0v) is 17.9. The molecule has 0 unspecified atom stereocenters. The number of carbonyl (C=O) groups excluding carboxylic acids is 1. The number of piperidine rings is 1. The van der Waals surface area contributed by atoms with Gasteiger partial charge in [0, 0.05) is 58.2 Å². The molecule has 1 aromatic heterocycles. The number of rotatable bonds is 2. The molecule has 178 valence electrons. The molecule has 32 heavy (non-hydrogen) atoms. The number of likely N-dealkylation sites (tertiary alicyclic amines) is 2. The van der Waals surface area contributed by atoms with Crippen LogP contribution in [-0.2, 0) is 16.1 Å². The highest BCUT2D eigenvalue weighted by atomic mass is 19.4. The van der Waals surface area contributed by atoms with Crippen molar-refractivity contribution in [3.63, 3.8) is 0 Å². The molecule has 1 N–H and O–H groups in total. The van der Waals surface area contributed by atoms with E-state index < -0.39 is 12.1 Å². The van der Waals surface area contributed by atoms with Gasteiger partial charge in [0.1, 0.15) is 0 Å². The van der Waals surface area contributed by atoms with E-state index >= 15 is 0 Å². The summed E-state index contributed by atoms with van der Waals surface area (Å²) in [4.78, 5) is 32.2. The van der Waals surface area contributed by atoms with E-state index in [2.05, 4.69) is 16.0 Å². The molecule has 0 bridgehead atoms. The summed E-state index contributed by atoms with van der Waals surface area (Å²) < 4.78 is 38.0. The van der Waals surface area contributed by atoms with Crippen molar-refractivity contribution in [2.24, 2.45) is 0 Å². The molecule has 0 saturated carbocycles. The highest BCUT2D eigenvalue weighted by molar-refractivity contribution is 5.75. The molecular weight excluding hydrogens is 429 g/mol. The number of aliphatic carboxylic acids is 1. The lowest BCUT2D eigenvalue weighted by atomic mass is 9.89. The predicted molar refractivity (Wildman–Crippen MR) is 109 cm³/mol. The fourth-order valence-corrected chi connectivity index (χ4v) is 4.32. The van der Waals surface area contributed by atoms with Gasteiger partial charge in [-0.05, 0) is 37.3 Å². The van der Waals surface area contributed by atoms with Gasteiger partial charge in [-0.2, -0.15) is 13.2 Å². The van der Waals surface area contributed by atoms with Crippen LogP contribution in [0.25, 0.3) is 0 Å². The smallest absolute Gasteiger partial charge is 0.475 e. The Bertz CT molecular complexity index is 764. The maximum atomic E-state index is 12.6. The molecule has 2 amide bonds. The van der Waals surface area contributed by atoms with Gasteiger partial charge >= 0.3 is 18.2 Å². The van der Waals surface area contributed by atoms with Gasteiger partial charge in [-0.15, -0.1) is 0 Å². The fourth-order valence-electron chi connectivity index (χ4n) is 4.32. The Hall–Kier alpha value is -2.40. The lowest BCUT2D eigenvalue weighted by Gasteiger charge is -2.47. The molecule has 4 rings (SSSR count). The van der Waals surface area contributed by atoms with Crippen LogP contribution in [0.3, 0.4) is 0 Å². The second-order valence-corrected chi connectivity index (χ2v) is 8.37. The Morgan fingerprint density at radius 1 is 1.09 bits per heavy atom. The lowest BCUT2D eigenvalue weighted by molar-refractivity contribution is -0.192. The molecule has 3 aliphatic heterocycles. The number of pyridine rings is 1. The molecule has 0 radical (unpaired) electrons. The van der Waals surface area contributed by atoms with Crippen molar-refractivity contribution in [2.45, 2.75) is 44.0 Å². The van der Waals surface area contributed by atoms with Gasteiger partial charge in [-0.3, -0.25) is 9.88 Å². The molecule has 1 spiro atoms. The van der Waals surface area contributed by atoms with E-state index in [-0.39, 0.29) is 11.6 Å². The SMILES string of the molecule is O=C(N1CCCC1)N1CCC2(CC1)CN(Cc1cccnc1)CCO2.O=C(O)C(F)(F)F. The van der Waals surface area contributed by atoms with Gasteiger partial charge in [0.05, 0.1) is 12.2 Å². The topological polar surface area (TPSA) is 86.2 Å². The number of urea groups is 1.